The molecule has 0 saturated heterocycles. The first-order chi connectivity index (χ1) is 11.1. The molecule has 5 nitrogen and oxygen atoms in total. The minimum atomic E-state index is -1.25. The maximum atomic E-state index is 13.0. The third kappa shape index (κ3) is 5.30. The van der Waals surface area contributed by atoms with Crippen LogP contribution in [0.4, 0.5) is 10.1 Å². The Morgan fingerprint density at radius 1 is 1.00 bits per heavy atom. The van der Waals surface area contributed by atoms with Gasteiger partial charge in [-0.15, -0.1) is 0 Å². The van der Waals surface area contributed by atoms with Crippen LogP contribution in [-0.2, 0) is 20.4 Å². The van der Waals surface area contributed by atoms with Gasteiger partial charge in [0.1, 0.15) is 5.82 Å². The Morgan fingerprint density at radius 3 is 2.43 bits per heavy atom. The number of carbonyl (C=O) groups is 2. The molecule has 0 aromatic heterocycles. The van der Waals surface area contributed by atoms with Gasteiger partial charge in [-0.25, -0.2) is 4.39 Å². The van der Waals surface area contributed by atoms with E-state index in [0.717, 1.165) is 6.07 Å². The Hall–Kier alpha value is -2.54. The van der Waals surface area contributed by atoms with Crippen LogP contribution in [0.15, 0.2) is 59.5 Å². The summed E-state index contributed by atoms with van der Waals surface area (Å²) < 4.78 is 24.9. The van der Waals surface area contributed by atoms with Crippen molar-refractivity contribution in [2.24, 2.45) is 0 Å². The van der Waals surface area contributed by atoms with Crippen LogP contribution >= 0.6 is 0 Å². The Kier molecular flexibility index (Phi) is 5.99. The molecule has 0 spiro atoms. The molecule has 0 aliphatic carbocycles. The smallest absolute Gasteiger partial charge is 0.313 e. The summed E-state index contributed by atoms with van der Waals surface area (Å²) in [6.45, 7) is 0.0942. The van der Waals surface area contributed by atoms with Crippen LogP contribution in [0.1, 0.15) is 0 Å². The number of hydrogen-bond donors (Lipinski definition) is 2. The summed E-state index contributed by atoms with van der Waals surface area (Å²) in [5.41, 5.74) is 0.193. The molecule has 0 unspecified atom stereocenters. The normalized spacial score (nSPS) is 11.5. The maximum Gasteiger partial charge on any atom is 0.313 e. The molecule has 0 fully saturated rings. The van der Waals surface area contributed by atoms with E-state index < -0.39 is 28.4 Å². The molecule has 1 atom stereocenters. The predicted octanol–water partition coefficient (Wildman–Crippen LogP) is 1.69. The number of nitrogens with one attached hydrogen (secondary N) is 2. The van der Waals surface area contributed by atoms with Crippen molar-refractivity contribution in [3.63, 3.8) is 0 Å². The van der Waals surface area contributed by atoms with Crippen molar-refractivity contribution in [3.8, 4) is 0 Å². The van der Waals surface area contributed by atoms with E-state index in [-0.39, 0.29) is 18.0 Å². The minimum Gasteiger partial charge on any atom is -0.347 e. The van der Waals surface area contributed by atoms with E-state index in [1.165, 1.54) is 18.2 Å². The zero-order chi connectivity index (χ0) is 16.7. The van der Waals surface area contributed by atoms with Gasteiger partial charge in [-0.2, -0.15) is 0 Å². The summed E-state index contributed by atoms with van der Waals surface area (Å²) in [5, 5.41) is 4.67. The summed E-state index contributed by atoms with van der Waals surface area (Å²) in [4.78, 5) is 23.9. The largest absolute Gasteiger partial charge is 0.347 e. The molecule has 2 amide bonds. The Labute approximate surface area is 135 Å². The van der Waals surface area contributed by atoms with Crippen LogP contribution in [-0.4, -0.2) is 28.3 Å². The van der Waals surface area contributed by atoms with Gasteiger partial charge in [0.25, 0.3) is 0 Å². The van der Waals surface area contributed by atoms with Crippen LogP contribution in [0, 0.1) is 5.82 Å². The quantitative estimate of drug-likeness (QED) is 0.817. The van der Waals surface area contributed by atoms with E-state index in [1.54, 1.807) is 24.3 Å². The molecular weight excluding hydrogens is 319 g/mol. The molecule has 0 bridgehead atoms. The summed E-state index contributed by atoms with van der Waals surface area (Å²) >= 11 is 0. The third-order valence-electron chi connectivity index (χ3n) is 2.87. The SMILES string of the molecule is O=C(NCC[S@@](=O)c1ccccc1)C(=O)Nc1cccc(F)c1. The monoisotopic (exact) mass is 334 g/mol. The number of anilines is 1. The summed E-state index contributed by atoms with van der Waals surface area (Å²) in [6, 6.07) is 14.1. The van der Waals surface area contributed by atoms with Crippen molar-refractivity contribution in [3.05, 3.63) is 60.4 Å². The predicted molar refractivity (Wildman–Crippen MR) is 85.8 cm³/mol. The zero-order valence-corrected chi connectivity index (χ0v) is 12.9. The van der Waals surface area contributed by atoms with E-state index >= 15 is 0 Å². The molecule has 0 heterocycles. The van der Waals surface area contributed by atoms with Crippen molar-refractivity contribution < 1.29 is 18.2 Å². The maximum absolute atomic E-state index is 13.0. The van der Waals surface area contributed by atoms with Gasteiger partial charge in [0.05, 0.1) is 10.8 Å². The van der Waals surface area contributed by atoms with E-state index in [2.05, 4.69) is 10.6 Å². The first-order valence-corrected chi connectivity index (χ1v) is 8.16. The molecular formula is C16H15FN2O3S. The second-order valence-corrected chi connectivity index (χ2v) is 6.15. The Bertz CT molecular complexity index is 722. The molecule has 23 heavy (non-hydrogen) atoms. The van der Waals surface area contributed by atoms with E-state index in [9.17, 15) is 18.2 Å². The Balaban J connectivity index is 1.78. The highest BCUT2D eigenvalue weighted by atomic mass is 32.2. The molecule has 0 aliphatic rings. The van der Waals surface area contributed by atoms with Gasteiger partial charge in [0, 0.05) is 22.9 Å². The van der Waals surface area contributed by atoms with Crippen LogP contribution in [0.3, 0.4) is 0 Å². The number of carbonyl (C=O) groups excluding carboxylic acids is 2. The van der Waals surface area contributed by atoms with Crippen LogP contribution in [0.5, 0.6) is 0 Å². The first kappa shape index (κ1) is 16.8. The molecule has 0 saturated carbocycles. The fourth-order valence-electron chi connectivity index (χ4n) is 1.78. The van der Waals surface area contributed by atoms with Crippen molar-refractivity contribution in [1.29, 1.82) is 0 Å². The zero-order valence-electron chi connectivity index (χ0n) is 12.1. The number of rotatable bonds is 5. The number of halogens is 1. The second-order valence-electron chi connectivity index (χ2n) is 4.58. The molecule has 2 aromatic rings. The second kappa shape index (κ2) is 8.19. The topological polar surface area (TPSA) is 75.3 Å². The van der Waals surface area contributed by atoms with Crippen molar-refractivity contribution in [1.82, 2.24) is 5.32 Å². The van der Waals surface area contributed by atoms with Gasteiger partial charge in [0.2, 0.25) is 0 Å². The van der Waals surface area contributed by atoms with Crippen molar-refractivity contribution in [2.75, 3.05) is 17.6 Å². The van der Waals surface area contributed by atoms with Crippen LogP contribution < -0.4 is 10.6 Å². The Morgan fingerprint density at radius 2 is 1.74 bits per heavy atom. The molecule has 2 N–H and O–H groups in total. The molecule has 2 aromatic carbocycles. The van der Waals surface area contributed by atoms with Crippen molar-refractivity contribution >= 4 is 28.3 Å². The highest BCUT2D eigenvalue weighted by Crippen LogP contribution is 2.08. The average molecular weight is 334 g/mol. The number of amides is 2. The number of hydrogen-bond acceptors (Lipinski definition) is 3. The highest BCUT2D eigenvalue weighted by molar-refractivity contribution is 7.85. The summed E-state index contributed by atoms with van der Waals surface area (Å²) in [6.07, 6.45) is 0. The van der Waals surface area contributed by atoms with Gasteiger partial charge in [-0.1, -0.05) is 24.3 Å². The minimum absolute atomic E-state index is 0.0942. The molecule has 7 heteroatoms. The third-order valence-corrected chi connectivity index (χ3v) is 4.24. The molecule has 120 valence electrons. The van der Waals surface area contributed by atoms with Crippen molar-refractivity contribution in [2.45, 2.75) is 4.90 Å². The van der Waals surface area contributed by atoms with Gasteiger partial charge in [-0.05, 0) is 30.3 Å². The molecule has 2 rings (SSSR count). The molecule has 0 radical (unpaired) electrons. The number of benzene rings is 2. The van der Waals surface area contributed by atoms with E-state index in [1.807, 2.05) is 6.07 Å². The summed E-state index contributed by atoms with van der Waals surface area (Å²) in [7, 11) is -1.25. The van der Waals surface area contributed by atoms with Crippen LogP contribution in [0.2, 0.25) is 0 Å². The van der Waals surface area contributed by atoms with Crippen LogP contribution in [0.25, 0.3) is 0 Å². The summed E-state index contributed by atoms with van der Waals surface area (Å²) in [5.74, 6) is -2.08. The van der Waals surface area contributed by atoms with Gasteiger partial charge >= 0.3 is 11.8 Å². The fourth-order valence-corrected chi connectivity index (χ4v) is 2.77. The standard InChI is InChI=1S/C16H15FN2O3S/c17-12-5-4-6-13(11-12)19-16(21)15(20)18-9-10-23(22)14-7-2-1-3-8-14/h1-8,11H,9-10H2,(H,18,20)(H,19,21)/t23-/m1/s1. The lowest BCUT2D eigenvalue weighted by Crippen LogP contribution is -2.37. The lowest BCUT2D eigenvalue weighted by molar-refractivity contribution is -0.136. The molecule has 0 aliphatic heterocycles. The van der Waals surface area contributed by atoms with Gasteiger partial charge in [-0.3, -0.25) is 13.8 Å². The lowest BCUT2D eigenvalue weighted by atomic mass is 10.3. The van der Waals surface area contributed by atoms with E-state index in [4.69, 9.17) is 0 Å². The average Bonchev–Trinajstić information content (AvgIpc) is 2.55. The van der Waals surface area contributed by atoms with E-state index in [0.29, 0.717) is 4.90 Å². The van der Waals surface area contributed by atoms with Gasteiger partial charge < -0.3 is 10.6 Å². The first-order valence-electron chi connectivity index (χ1n) is 6.84. The lowest BCUT2D eigenvalue weighted by Gasteiger charge is -2.07. The fraction of sp³-hybridized carbons (Fsp3) is 0.125. The van der Waals surface area contributed by atoms with Gasteiger partial charge in [0.15, 0.2) is 0 Å². The highest BCUT2D eigenvalue weighted by Gasteiger charge is 2.14.